The van der Waals surface area contributed by atoms with E-state index in [1.54, 1.807) is 24.1 Å². The van der Waals surface area contributed by atoms with Gasteiger partial charge in [-0.05, 0) is 47.9 Å². The lowest BCUT2D eigenvalue weighted by Crippen LogP contribution is -2.44. The number of benzene rings is 2. The van der Waals surface area contributed by atoms with Crippen molar-refractivity contribution in [3.8, 4) is 5.75 Å². The molecule has 9 heteroatoms. The van der Waals surface area contributed by atoms with Crippen LogP contribution in [-0.4, -0.2) is 67.3 Å². The number of nitrogens with zero attached hydrogens (tertiary/aromatic N) is 2. The molecule has 0 aliphatic carbocycles. The zero-order valence-corrected chi connectivity index (χ0v) is 18.5. The number of amides is 2. The molecule has 2 heterocycles. The molecule has 2 aromatic carbocycles. The summed E-state index contributed by atoms with van der Waals surface area (Å²) < 4.78 is 23.8. The zero-order valence-electron chi connectivity index (χ0n) is 18.5. The molecule has 1 fully saturated rings. The number of H-pyrrole nitrogens is 1. The molecule has 3 aromatic rings. The van der Waals surface area contributed by atoms with Crippen LogP contribution in [0.5, 0.6) is 5.75 Å². The van der Waals surface area contributed by atoms with Gasteiger partial charge in [0.25, 0.3) is 5.56 Å². The highest BCUT2D eigenvalue weighted by atomic mass is 19.1. The number of nitrogens with one attached hydrogen (secondary N) is 2. The Morgan fingerprint density at radius 2 is 1.94 bits per heavy atom. The largest absolute Gasteiger partial charge is 0.497 e. The van der Waals surface area contributed by atoms with Gasteiger partial charge < -0.3 is 24.7 Å². The van der Waals surface area contributed by atoms with Crippen molar-refractivity contribution in [3.05, 3.63) is 70.3 Å². The lowest BCUT2D eigenvalue weighted by Gasteiger charge is -2.30. The first kappa shape index (κ1) is 22.8. The van der Waals surface area contributed by atoms with E-state index in [9.17, 15) is 14.0 Å². The molecule has 0 spiro atoms. The number of aromatic amines is 1. The monoisotopic (exact) mass is 454 g/mol. The van der Waals surface area contributed by atoms with Gasteiger partial charge in [-0.15, -0.1) is 0 Å². The van der Waals surface area contributed by atoms with E-state index < -0.39 is 0 Å². The van der Waals surface area contributed by atoms with Crippen molar-refractivity contribution in [2.45, 2.75) is 6.54 Å². The van der Waals surface area contributed by atoms with Gasteiger partial charge in [-0.25, -0.2) is 9.18 Å². The number of carbonyl (C=O) groups excluding carboxylic acids is 1. The maximum Gasteiger partial charge on any atom is 0.322 e. The topological polar surface area (TPSA) is 86.9 Å². The molecule has 8 nitrogen and oxygen atoms in total. The Kier molecular flexibility index (Phi) is 7.21. The van der Waals surface area contributed by atoms with Crippen molar-refractivity contribution in [3.63, 3.8) is 0 Å². The highest BCUT2D eigenvalue weighted by Crippen LogP contribution is 2.19. The molecule has 1 aliphatic heterocycles. The van der Waals surface area contributed by atoms with Crippen LogP contribution in [0.4, 0.5) is 14.9 Å². The second-order valence-corrected chi connectivity index (χ2v) is 7.89. The number of methoxy groups -OCH3 is 1. The van der Waals surface area contributed by atoms with E-state index in [-0.39, 0.29) is 24.0 Å². The number of fused-ring (bicyclic) bond motifs is 1. The van der Waals surface area contributed by atoms with Crippen molar-refractivity contribution >= 4 is 22.6 Å². The van der Waals surface area contributed by atoms with Crippen molar-refractivity contribution in [2.75, 3.05) is 51.8 Å². The van der Waals surface area contributed by atoms with Crippen molar-refractivity contribution < 1.29 is 18.7 Å². The molecule has 33 heavy (non-hydrogen) atoms. The number of anilines is 1. The summed E-state index contributed by atoms with van der Waals surface area (Å²) in [6, 6.07) is 12.5. The Labute approximate surface area is 190 Å². The van der Waals surface area contributed by atoms with Gasteiger partial charge in [-0.3, -0.25) is 9.69 Å². The molecule has 0 atom stereocenters. The normalized spacial score (nSPS) is 14.2. The highest BCUT2D eigenvalue weighted by Gasteiger charge is 2.19. The minimum absolute atomic E-state index is 0.134. The first-order valence-corrected chi connectivity index (χ1v) is 10.8. The van der Waals surface area contributed by atoms with Crippen LogP contribution in [0.3, 0.4) is 0 Å². The lowest BCUT2D eigenvalue weighted by atomic mass is 10.1. The number of morpholine rings is 1. The van der Waals surface area contributed by atoms with E-state index >= 15 is 0 Å². The number of aromatic nitrogens is 1. The van der Waals surface area contributed by atoms with Gasteiger partial charge in [0.15, 0.2) is 0 Å². The van der Waals surface area contributed by atoms with Gasteiger partial charge in [-0.2, -0.15) is 0 Å². The minimum atomic E-state index is -0.378. The standard InChI is InChI=1S/C24H27FN4O4/c1-32-21-7-2-17-14-18(23(30)27-22(17)15-21)16-29(9-8-28-10-12-33-13-11-28)24(31)26-20-5-3-19(25)4-6-20/h2-7,14-15H,8-13,16H2,1H3,(H,26,31)(H,27,30). The van der Waals surface area contributed by atoms with Crippen LogP contribution in [-0.2, 0) is 11.3 Å². The summed E-state index contributed by atoms with van der Waals surface area (Å²) in [5.74, 6) is 0.271. The smallest absolute Gasteiger partial charge is 0.322 e. The predicted octanol–water partition coefficient (Wildman–Crippen LogP) is 3.04. The number of rotatable bonds is 7. The summed E-state index contributed by atoms with van der Waals surface area (Å²) in [4.78, 5) is 32.5. The fourth-order valence-corrected chi connectivity index (χ4v) is 3.75. The fourth-order valence-electron chi connectivity index (χ4n) is 3.75. The molecule has 1 aliphatic rings. The van der Waals surface area contributed by atoms with E-state index in [1.165, 1.54) is 24.3 Å². The van der Waals surface area contributed by atoms with Crippen LogP contribution >= 0.6 is 0 Å². The summed E-state index contributed by atoms with van der Waals surface area (Å²) in [6.45, 7) is 4.13. The molecule has 2 N–H and O–H groups in total. The van der Waals surface area contributed by atoms with Crippen LogP contribution in [0.25, 0.3) is 10.9 Å². The average Bonchev–Trinajstić information content (AvgIpc) is 2.83. The predicted molar refractivity (Wildman–Crippen MR) is 124 cm³/mol. The minimum Gasteiger partial charge on any atom is -0.497 e. The third-order valence-corrected chi connectivity index (χ3v) is 5.66. The first-order chi connectivity index (χ1) is 16.0. The number of urea groups is 1. The van der Waals surface area contributed by atoms with Crippen LogP contribution < -0.4 is 15.6 Å². The average molecular weight is 455 g/mol. The first-order valence-electron chi connectivity index (χ1n) is 10.8. The van der Waals surface area contributed by atoms with Crippen LogP contribution in [0.1, 0.15) is 5.56 Å². The zero-order chi connectivity index (χ0) is 23.2. The quantitative estimate of drug-likeness (QED) is 0.573. The number of hydrogen-bond donors (Lipinski definition) is 2. The van der Waals surface area contributed by atoms with Gasteiger partial charge in [0, 0.05) is 43.5 Å². The maximum atomic E-state index is 13.2. The van der Waals surface area contributed by atoms with Crippen molar-refractivity contribution in [1.82, 2.24) is 14.8 Å². The summed E-state index contributed by atoms with van der Waals surface area (Å²) in [6.07, 6.45) is 0. The molecule has 4 rings (SSSR count). The van der Waals surface area contributed by atoms with Gasteiger partial charge in [0.1, 0.15) is 11.6 Å². The summed E-state index contributed by atoms with van der Waals surface area (Å²) >= 11 is 0. The molecule has 174 valence electrons. The number of ether oxygens (including phenoxy) is 2. The van der Waals surface area contributed by atoms with E-state index in [2.05, 4.69) is 15.2 Å². The Bertz CT molecular complexity index is 1160. The van der Waals surface area contributed by atoms with Gasteiger partial charge >= 0.3 is 6.03 Å². The highest BCUT2D eigenvalue weighted by molar-refractivity contribution is 5.89. The second-order valence-electron chi connectivity index (χ2n) is 7.89. The summed E-state index contributed by atoms with van der Waals surface area (Å²) in [7, 11) is 1.57. The van der Waals surface area contributed by atoms with Crippen molar-refractivity contribution in [1.29, 1.82) is 0 Å². The molecule has 0 saturated carbocycles. The number of hydrogen-bond acceptors (Lipinski definition) is 5. The number of carbonyl (C=O) groups is 1. The van der Waals surface area contributed by atoms with E-state index in [4.69, 9.17) is 9.47 Å². The Balaban J connectivity index is 1.55. The molecular formula is C24H27FN4O4. The van der Waals surface area contributed by atoms with Crippen molar-refractivity contribution in [2.24, 2.45) is 0 Å². The number of halogens is 1. The third-order valence-electron chi connectivity index (χ3n) is 5.66. The van der Waals surface area contributed by atoms with E-state index in [0.29, 0.717) is 48.8 Å². The molecule has 0 radical (unpaired) electrons. The maximum absolute atomic E-state index is 13.2. The molecule has 1 saturated heterocycles. The lowest BCUT2D eigenvalue weighted by molar-refractivity contribution is 0.0349. The van der Waals surface area contributed by atoms with Gasteiger partial charge in [-0.1, -0.05) is 0 Å². The Morgan fingerprint density at radius 1 is 1.18 bits per heavy atom. The van der Waals surface area contributed by atoms with Gasteiger partial charge in [0.05, 0.1) is 32.4 Å². The molecule has 1 aromatic heterocycles. The second kappa shape index (κ2) is 10.5. The molecule has 0 bridgehead atoms. The molecule has 2 amide bonds. The van der Waals surface area contributed by atoms with Crippen LogP contribution in [0.2, 0.25) is 0 Å². The number of pyridine rings is 1. The summed E-state index contributed by atoms with van der Waals surface area (Å²) in [5, 5.41) is 3.64. The molecule has 0 unspecified atom stereocenters. The molecular weight excluding hydrogens is 427 g/mol. The van der Waals surface area contributed by atoms with E-state index in [1.807, 2.05) is 12.1 Å². The van der Waals surface area contributed by atoms with Crippen LogP contribution in [0, 0.1) is 5.82 Å². The third kappa shape index (κ3) is 5.88. The SMILES string of the molecule is COc1ccc2cc(CN(CCN3CCOCC3)C(=O)Nc3ccc(F)cc3)c(=O)[nH]c2c1. The summed E-state index contributed by atoms with van der Waals surface area (Å²) in [5.41, 5.74) is 1.36. The Morgan fingerprint density at radius 3 is 2.67 bits per heavy atom. The van der Waals surface area contributed by atoms with E-state index in [0.717, 1.165) is 18.5 Å². The van der Waals surface area contributed by atoms with Crippen LogP contribution in [0.15, 0.2) is 53.3 Å². The Hall–Kier alpha value is -3.43. The van der Waals surface area contributed by atoms with Gasteiger partial charge in [0.2, 0.25) is 0 Å². The fraction of sp³-hybridized carbons (Fsp3) is 0.333.